The highest BCUT2D eigenvalue weighted by Gasteiger charge is 2.34. The van der Waals surface area contributed by atoms with Gasteiger partial charge in [-0.1, -0.05) is 97.1 Å². The number of imidazole rings is 1. The summed E-state index contributed by atoms with van der Waals surface area (Å²) in [6.45, 7) is 2.22. The summed E-state index contributed by atoms with van der Waals surface area (Å²) in [5, 5.41) is 11.2. The van der Waals surface area contributed by atoms with Gasteiger partial charge in [0.1, 0.15) is 12.1 Å². The number of likely N-dealkylation sites (tertiary alicyclic amines) is 2. The van der Waals surface area contributed by atoms with Crippen LogP contribution in [0.25, 0.3) is 33.8 Å². The standard InChI is InChI=1S/C29H25N5O2.C14H18N2O3/c35-27(17-20-5-2-1-3-6-20)34-16-4-7-26(34)29-33-32-28(36-29)24-14-10-22(11-15-24)21-8-12-23(13-9-21)25-18-30-19-31-25;1-19-14(18)15-12(11-7-3-2-4-8-11)13(17)16-9-5-6-10-16/h1-3,5-6,8-15,18-19,26H,4,7,16-17H2,(H,30,31);2-4,7-8,12H,5-6,9-10H2,1H3,(H,15,18). The van der Waals surface area contributed by atoms with E-state index in [1.807, 2.05) is 83.9 Å². The van der Waals surface area contributed by atoms with Crippen molar-refractivity contribution in [3.8, 4) is 33.8 Å². The predicted molar refractivity (Wildman–Crippen MR) is 207 cm³/mol. The Hall–Kier alpha value is -6.56. The van der Waals surface area contributed by atoms with E-state index >= 15 is 0 Å². The number of H-pyrrole nitrogens is 1. The van der Waals surface area contributed by atoms with Gasteiger partial charge in [-0.05, 0) is 65.6 Å². The number of aromatic amines is 1. The van der Waals surface area contributed by atoms with Crippen LogP contribution in [0, 0.1) is 0 Å². The number of rotatable bonds is 9. The molecule has 12 nitrogen and oxygen atoms in total. The molecule has 2 N–H and O–H groups in total. The first-order valence-corrected chi connectivity index (χ1v) is 18.5. The number of aromatic nitrogens is 4. The molecule has 2 saturated heterocycles. The van der Waals surface area contributed by atoms with Crippen molar-refractivity contribution in [2.75, 3.05) is 26.7 Å². The summed E-state index contributed by atoms with van der Waals surface area (Å²) in [6, 6.07) is 34.6. The molecule has 0 bridgehead atoms. The minimum Gasteiger partial charge on any atom is -0.453 e. The van der Waals surface area contributed by atoms with E-state index in [9.17, 15) is 14.4 Å². The second-order valence-corrected chi connectivity index (χ2v) is 13.5. The summed E-state index contributed by atoms with van der Waals surface area (Å²) >= 11 is 0. The quantitative estimate of drug-likeness (QED) is 0.156. The van der Waals surface area contributed by atoms with E-state index in [0.29, 0.717) is 24.7 Å². The molecular weight excluding hydrogens is 695 g/mol. The lowest BCUT2D eigenvalue weighted by molar-refractivity contribution is -0.132. The fourth-order valence-electron chi connectivity index (χ4n) is 6.97. The number of ether oxygens (including phenoxy) is 1. The molecule has 0 radical (unpaired) electrons. The normalized spacial score (nSPS) is 15.5. The van der Waals surface area contributed by atoms with Gasteiger partial charge in [-0.25, -0.2) is 9.78 Å². The smallest absolute Gasteiger partial charge is 0.407 e. The van der Waals surface area contributed by atoms with Crippen molar-refractivity contribution in [2.45, 2.75) is 44.2 Å². The van der Waals surface area contributed by atoms with Crippen LogP contribution in [0.2, 0.25) is 0 Å². The molecule has 6 aromatic rings. The Kier molecular flexibility index (Phi) is 11.7. The van der Waals surface area contributed by atoms with Crippen LogP contribution in [0.4, 0.5) is 4.79 Å². The molecule has 280 valence electrons. The van der Waals surface area contributed by atoms with Gasteiger partial charge in [-0.15, -0.1) is 10.2 Å². The van der Waals surface area contributed by atoms with E-state index in [4.69, 9.17) is 4.42 Å². The molecule has 2 aliphatic heterocycles. The molecule has 12 heteroatoms. The van der Waals surface area contributed by atoms with Crippen LogP contribution < -0.4 is 5.32 Å². The Bertz CT molecular complexity index is 2150. The lowest BCUT2D eigenvalue weighted by atomic mass is 10.0. The highest BCUT2D eigenvalue weighted by atomic mass is 16.5. The molecule has 3 amide bonds. The molecule has 2 aromatic heterocycles. The number of methoxy groups -OCH3 is 1. The van der Waals surface area contributed by atoms with Crippen LogP contribution in [0.5, 0.6) is 0 Å². The van der Waals surface area contributed by atoms with Crippen LogP contribution in [0.15, 0.2) is 126 Å². The second kappa shape index (κ2) is 17.5. The van der Waals surface area contributed by atoms with E-state index in [0.717, 1.165) is 77.8 Å². The average Bonchev–Trinajstić information content (AvgIpc) is 4.09. The monoisotopic (exact) mass is 737 g/mol. The summed E-state index contributed by atoms with van der Waals surface area (Å²) in [7, 11) is 1.29. The minimum absolute atomic E-state index is 0.0749. The fraction of sp³-hybridized carbons (Fsp3) is 0.256. The van der Waals surface area contributed by atoms with Crippen molar-refractivity contribution < 1.29 is 23.5 Å². The molecule has 0 spiro atoms. The van der Waals surface area contributed by atoms with Gasteiger partial charge in [0.15, 0.2) is 0 Å². The summed E-state index contributed by atoms with van der Waals surface area (Å²) in [5.74, 6) is 0.983. The molecule has 4 heterocycles. The molecule has 0 saturated carbocycles. The van der Waals surface area contributed by atoms with E-state index in [-0.39, 0.29) is 17.9 Å². The Balaban J connectivity index is 0.000000207. The Morgan fingerprint density at radius 2 is 1.44 bits per heavy atom. The van der Waals surface area contributed by atoms with Crippen LogP contribution in [-0.4, -0.2) is 74.6 Å². The van der Waals surface area contributed by atoms with Crippen molar-refractivity contribution in [1.29, 1.82) is 0 Å². The third-order valence-electron chi connectivity index (χ3n) is 9.90. The first-order chi connectivity index (χ1) is 27.0. The van der Waals surface area contributed by atoms with E-state index in [2.05, 4.69) is 66.6 Å². The first kappa shape index (κ1) is 36.8. The van der Waals surface area contributed by atoms with Gasteiger partial charge < -0.3 is 29.3 Å². The lowest BCUT2D eigenvalue weighted by Gasteiger charge is -2.23. The number of alkyl carbamates (subject to hydrolysis) is 1. The van der Waals surface area contributed by atoms with Gasteiger partial charge >= 0.3 is 6.09 Å². The zero-order valence-electron chi connectivity index (χ0n) is 30.6. The number of benzene rings is 4. The van der Waals surface area contributed by atoms with Crippen molar-refractivity contribution in [3.05, 3.63) is 139 Å². The van der Waals surface area contributed by atoms with Gasteiger partial charge in [0.25, 0.3) is 0 Å². The maximum Gasteiger partial charge on any atom is 0.407 e. The third-order valence-corrected chi connectivity index (χ3v) is 9.90. The Morgan fingerprint density at radius 3 is 2.07 bits per heavy atom. The molecule has 2 fully saturated rings. The van der Waals surface area contributed by atoms with Crippen molar-refractivity contribution in [3.63, 3.8) is 0 Å². The van der Waals surface area contributed by atoms with Gasteiger partial charge in [0.05, 0.1) is 31.7 Å². The highest BCUT2D eigenvalue weighted by molar-refractivity contribution is 5.87. The minimum atomic E-state index is -0.674. The van der Waals surface area contributed by atoms with Crippen LogP contribution >= 0.6 is 0 Å². The van der Waals surface area contributed by atoms with Gasteiger partial charge in [-0.2, -0.15) is 0 Å². The topological polar surface area (TPSA) is 147 Å². The molecule has 2 unspecified atom stereocenters. The largest absolute Gasteiger partial charge is 0.453 e. The summed E-state index contributed by atoms with van der Waals surface area (Å²) in [5.41, 5.74) is 6.94. The number of carbonyl (C=O) groups excluding carboxylic acids is 3. The number of hydrogen-bond acceptors (Lipinski definition) is 8. The Morgan fingerprint density at radius 1 is 0.800 bits per heavy atom. The molecule has 2 atom stereocenters. The molecule has 55 heavy (non-hydrogen) atoms. The van der Waals surface area contributed by atoms with Gasteiger partial charge in [0, 0.05) is 25.2 Å². The number of amides is 3. The zero-order valence-corrected chi connectivity index (χ0v) is 30.6. The number of nitrogens with one attached hydrogen (secondary N) is 2. The molecular formula is C43H43N7O5. The van der Waals surface area contributed by atoms with E-state index in [1.54, 1.807) is 11.2 Å². The van der Waals surface area contributed by atoms with Crippen molar-refractivity contribution >= 4 is 17.9 Å². The maximum atomic E-state index is 13.0. The molecule has 0 aliphatic carbocycles. The maximum absolute atomic E-state index is 13.0. The molecule has 4 aromatic carbocycles. The van der Waals surface area contributed by atoms with Crippen LogP contribution in [0.3, 0.4) is 0 Å². The second-order valence-electron chi connectivity index (χ2n) is 13.5. The summed E-state index contributed by atoms with van der Waals surface area (Å²) in [4.78, 5) is 47.7. The number of nitrogens with zero attached hydrogens (tertiary/aromatic N) is 5. The summed E-state index contributed by atoms with van der Waals surface area (Å²) < 4.78 is 10.7. The fourth-order valence-corrected chi connectivity index (χ4v) is 6.97. The van der Waals surface area contributed by atoms with E-state index < -0.39 is 12.1 Å². The predicted octanol–water partition coefficient (Wildman–Crippen LogP) is 7.41. The van der Waals surface area contributed by atoms with Crippen molar-refractivity contribution in [2.24, 2.45) is 0 Å². The molecule has 8 rings (SSSR count). The zero-order chi connectivity index (χ0) is 38.0. The number of hydrogen-bond donors (Lipinski definition) is 2. The lowest BCUT2D eigenvalue weighted by Crippen LogP contribution is -2.41. The van der Waals surface area contributed by atoms with Gasteiger partial charge in [0.2, 0.25) is 23.6 Å². The summed E-state index contributed by atoms with van der Waals surface area (Å²) in [6.07, 6.45) is 7.07. The first-order valence-electron chi connectivity index (χ1n) is 18.5. The SMILES string of the molecule is COC(=O)NC(C(=O)N1CCCC1)c1ccccc1.O=C(Cc1ccccc1)N1CCCC1c1nnc(-c2ccc(-c3ccc(-c4cnc[nH]4)cc3)cc2)o1. The molecule has 2 aliphatic rings. The Labute approximate surface area is 319 Å². The number of carbonyl (C=O) groups is 3. The van der Waals surface area contributed by atoms with E-state index in [1.165, 1.54) is 7.11 Å². The van der Waals surface area contributed by atoms with Crippen LogP contribution in [0.1, 0.15) is 54.8 Å². The third kappa shape index (κ3) is 8.98. The van der Waals surface area contributed by atoms with Gasteiger partial charge in [-0.3, -0.25) is 9.59 Å². The average molecular weight is 738 g/mol. The van der Waals surface area contributed by atoms with Crippen LogP contribution in [-0.2, 0) is 20.7 Å². The highest BCUT2D eigenvalue weighted by Crippen LogP contribution is 2.34. The van der Waals surface area contributed by atoms with Crippen molar-refractivity contribution in [1.82, 2.24) is 35.3 Å².